The minimum atomic E-state index is -1.92. The van der Waals surface area contributed by atoms with Crippen molar-refractivity contribution >= 4 is 70.6 Å². The first-order valence-electron chi connectivity index (χ1n) is 29.5. The Bertz CT molecular complexity index is 3120. The van der Waals surface area contributed by atoms with Crippen LogP contribution in [0.2, 0.25) is 5.02 Å². The Morgan fingerprint density at radius 1 is 0.919 bits per heavy atom. The Kier molecular flexibility index (Phi) is 20.0. The zero-order valence-electron chi connectivity index (χ0n) is 49.5. The van der Waals surface area contributed by atoms with Gasteiger partial charge in [-0.2, -0.15) is 0 Å². The summed E-state index contributed by atoms with van der Waals surface area (Å²) in [6.45, 7) is 6.08. The van der Waals surface area contributed by atoms with Crippen molar-refractivity contribution in [1.29, 1.82) is 0 Å². The SMILES string of the molecule is C/C1=C\C=C\[C@@H](CO)[C@@]2(O)C[C@H](OC(=O)N2)[C@@H](C)[C@@H]2O[C@@]2(C)C(OC(=O)[C@H](C)N(C)C(=O)CCSC2CC(=O)N(CC3CCC(C(=O)NC(c4ccccc4)(c4ccccc4)c4ccccc4)CC3)C2=O)CC(=O)N(C)c2cc(cc(CO)c2Cl)C1. The van der Waals surface area contributed by atoms with Gasteiger partial charge in [0, 0.05) is 63.4 Å². The summed E-state index contributed by atoms with van der Waals surface area (Å²) in [5.41, 5.74) is 0.815. The molecule has 0 radical (unpaired) electrons. The Labute approximate surface area is 511 Å². The van der Waals surface area contributed by atoms with E-state index in [4.69, 9.17) is 25.8 Å². The van der Waals surface area contributed by atoms with Crippen LogP contribution >= 0.6 is 23.4 Å². The first kappa shape index (κ1) is 63.6. The van der Waals surface area contributed by atoms with Crippen LogP contribution in [0.4, 0.5) is 10.5 Å². The van der Waals surface area contributed by atoms with Crippen molar-refractivity contribution in [3.05, 3.63) is 160 Å². The third-order valence-electron chi connectivity index (χ3n) is 18.2. The highest BCUT2D eigenvalue weighted by Crippen LogP contribution is 2.50. The molecule has 5 N–H and O–H groups in total. The number of thioether (sulfide) groups is 1. The number of likely N-dealkylation sites (tertiary alicyclic amines) is 1. The largest absolute Gasteiger partial charge is 0.457 e. The molecule has 4 aromatic carbocycles. The molecule has 6 amide bonds. The number of carbonyl (C=O) groups is 7. The van der Waals surface area contributed by atoms with Crippen LogP contribution in [0, 0.1) is 23.7 Å². The predicted octanol–water partition coefficient (Wildman–Crippen LogP) is 7.76. The first-order valence-corrected chi connectivity index (χ1v) is 31.0. The van der Waals surface area contributed by atoms with Crippen molar-refractivity contribution in [2.75, 3.05) is 37.9 Å². The highest BCUT2D eigenvalue weighted by atomic mass is 35.5. The summed E-state index contributed by atoms with van der Waals surface area (Å²) in [6, 6.07) is 32.2. The standard InChI is InChI=1S/C66H78ClN5O13S/c1-40-17-16-24-50(39-74)65(82)36-52(83-63(81)69-65)41(2)59-64(4,85-59)54(35-56(76)71(6)51-33-44(31-40)32-46(38-73)58(51)67)84-62(80)42(3)70(5)55(75)29-30-86-53-34-57(77)72(61(53)79)37-43-25-27-45(28-26-43)60(78)68-66(47-18-10-7-11-19-47,48-20-12-8-13-21-48)49-22-14-9-15-23-49/h7-24,32-33,41-43,45,50,52-54,59,73-74,82H,25-31,34-39H2,1-6H3,(H,68,78)(H,69,81)/b24-16+,40-17+/t41-,42+,43?,45?,50+,52+,53?,54?,59+,64+,65+/m1/s1. The number of allylic oxidation sites excluding steroid dienone is 3. The molecule has 3 saturated heterocycles. The number of ether oxygens (including phenoxy) is 3. The quantitative estimate of drug-likeness (QED) is 0.0312. The molecular formula is C66H78ClN5O13S. The van der Waals surface area contributed by atoms with Crippen LogP contribution in [0.3, 0.4) is 0 Å². The topological polar surface area (TPSA) is 245 Å². The van der Waals surface area contributed by atoms with Crippen molar-refractivity contribution < 1.29 is 63.1 Å². The molecule has 86 heavy (non-hydrogen) atoms. The van der Waals surface area contributed by atoms with E-state index in [1.807, 2.05) is 97.9 Å². The molecule has 1 saturated carbocycles. The molecule has 0 spiro atoms. The van der Waals surface area contributed by atoms with E-state index in [1.54, 1.807) is 44.2 Å². The lowest BCUT2D eigenvalue weighted by molar-refractivity contribution is -0.162. The van der Waals surface area contributed by atoms with Crippen LogP contribution in [0.25, 0.3) is 0 Å². The smallest absolute Gasteiger partial charge is 0.409 e. The average molecular weight is 1220 g/mol. The maximum atomic E-state index is 14.4. The summed E-state index contributed by atoms with van der Waals surface area (Å²) in [6.07, 6.45) is 3.35. The Balaban J connectivity index is 0.814. The molecule has 20 heteroatoms. The lowest BCUT2D eigenvalue weighted by Gasteiger charge is -2.42. The third kappa shape index (κ3) is 13.6. The number of epoxide rings is 1. The van der Waals surface area contributed by atoms with E-state index in [9.17, 15) is 48.9 Å². The van der Waals surface area contributed by atoms with E-state index >= 15 is 0 Å². The van der Waals surface area contributed by atoms with Crippen molar-refractivity contribution in [1.82, 2.24) is 20.4 Å². The number of aliphatic hydroxyl groups is 3. The number of anilines is 1. The predicted molar refractivity (Wildman–Crippen MR) is 325 cm³/mol. The van der Waals surface area contributed by atoms with Gasteiger partial charge in [0.25, 0.3) is 0 Å². The molecule has 4 heterocycles. The molecule has 4 fully saturated rings. The van der Waals surface area contributed by atoms with E-state index in [1.165, 1.54) is 47.5 Å². The van der Waals surface area contributed by atoms with Crippen molar-refractivity contribution in [3.8, 4) is 0 Å². The van der Waals surface area contributed by atoms with Crippen molar-refractivity contribution in [3.63, 3.8) is 0 Å². The highest BCUT2D eigenvalue weighted by molar-refractivity contribution is 8.00. The number of hydrogen-bond acceptors (Lipinski definition) is 14. The molecule has 2 unspecified atom stereocenters. The van der Waals surface area contributed by atoms with Gasteiger partial charge in [-0.1, -0.05) is 139 Å². The molecule has 458 valence electrons. The third-order valence-corrected chi connectivity index (χ3v) is 19.8. The fraction of sp³-hybridized carbons (Fsp3) is 0.470. The van der Waals surface area contributed by atoms with Gasteiger partial charge < -0.3 is 44.6 Å². The normalized spacial score (nSPS) is 28.5. The number of nitrogens with one attached hydrogen (secondary N) is 2. The fourth-order valence-corrected chi connectivity index (χ4v) is 14.1. The van der Waals surface area contributed by atoms with Gasteiger partial charge in [-0.05, 0) is 92.7 Å². The van der Waals surface area contributed by atoms with Crippen LogP contribution in [-0.4, -0.2) is 141 Å². The summed E-state index contributed by atoms with van der Waals surface area (Å²) in [5.74, 6) is -4.13. The zero-order chi connectivity index (χ0) is 61.7. The molecular weight excluding hydrogens is 1140 g/mol. The van der Waals surface area contributed by atoms with Gasteiger partial charge in [0.2, 0.25) is 29.5 Å². The first-order chi connectivity index (χ1) is 41.1. The Hall–Kier alpha value is -6.87. The van der Waals surface area contributed by atoms with Crippen LogP contribution in [0.1, 0.15) is 107 Å². The zero-order valence-corrected chi connectivity index (χ0v) is 51.1. The second kappa shape index (κ2) is 27.0. The number of esters is 1. The van der Waals surface area contributed by atoms with Crippen LogP contribution in [0.5, 0.6) is 0 Å². The summed E-state index contributed by atoms with van der Waals surface area (Å²) < 4.78 is 18.2. The summed E-state index contributed by atoms with van der Waals surface area (Å²) in [7, 11) is 2.97. The van der Waals surface area contributed by atoms with E-state index in [2.05, 4.69) is 10.6 Å². The lowest BCUT2D eigenvalue weighted by atomic mass is 9.75. The lowest BCUT2D eigenvalue weighted by Crippen LogP contribution is -2.62. The number of halogens is 1. The summed E-state index contributed by atoms with van der Waals surface area (Å²) >= 11 is 8.02. The number of rotatable bonds is 16. The number of carbonyl (C=O) groups excluding carboxylic acids is 7. The Morgan fingerprint density at radius 2 is 1.53 bits per heavy atom. The van der Waals surface area contributed by atoms with E-state index < -0.39 is 102 Å². The average Bonchev–Trinajstić information content (AvgIpc) is 1.64. The van der Waals surface area contributed by atoms with Crippen LogP contribution in [-0.2, 0) is 61.5 Å². The van der Waals surface area contributed by atoms with Crippen molar-refractivity contribution in [2.45, 2.75) is 139 Å². The number of amides is 6. The molecule has 4 bridgehead atoms. The summed E-state index contributed by atoms with van der Waals surface area (Å²) in [4.78, 5) is 101. The number of hydrogen-bond donors (Lipinski definition) is 5. The van der Waals surface area contributed by atoms with Gasteiger partial charge >= 0.3 is 12.1 Å². The number of alkyl carbamates (subject to hydrolysis) is 1. The van der Waals surface area contributed by atoms with E-state index in [-0.39, 0.29) is 66.1 Å². The molecule has 18 nitrogen and oxygen atoms in total. The second-order valence-corrected chi connectivity index (χ2v) is 25.6. The number of benzene rings is 4. The molecule has 5 aliphatic rings. The van der Waals surface area contributed by atoms with E-state index in [0.29, 0.717) is 48.9 Å². The fourth-order valence-electron chi connectivity index (χ4n) is 12.7. The molecule has 1 aliphatic carbocycles. The second-order valence-electron chi connectivity index (χ2n) is 23.9. The summed E-state index contributed by atoms with van der Waals surface area (Å²) in [5, 5.41) is 38.1. The number of likely N-dealkylation sites (N-methyl/N-ethyl adjacent to an activating group) is 1. The Morgan fingerprint density at radius 3 is 2.13 bits per heavy atom. The van der Waals surface area contributed by atoms with Gasteiger partial charge in [-0.15, -0.1) is 11.8 Å². The van der Waals surface area contributed by atoms with Crippen molar-refractivity contribution in [2.24, 2.45) is 23.7 Å². The number of aliphatic hydroxyl groups excluding tert-OH is 2. The molecule has 4 aromatic rings. The number of nitrogens with zero attached hydrogens (tertiary/aromatic N) is 3. The van der Waals surface area contributed by atoms with E-state index in [0.717, 1.165) is 22.3 Å². The van der Waals surface area contributed by atoms with Gasteiger partial charge in [0.15, 0.2) is 5.72 Å². The minimum absolute atomic E-state index is 0.0109. The molecule has 4 aliphatic heterocycles. The monoisotopic (exact) mass is 1220 g/mol. The number of imide groups is 1. The highest BCUT2D eigenvalue weighted by Gasteiger charge is 2.64. The van der Waals surface area contributed by atoms with Gasteiger partial charge in [-0.25, -0.2) is 9.59 Å². The molecule has 0 aromatic heterocycles. The van der Waals surface area contributed by atoms with Gasteiger partial charge in [0.1, 0.15) is 29.4 Å². The van der Waals surface area contributed by atoms with Gasteiger partial charge in [-0.3, -0.25) is 34.2 Å². The maximum absolute atomic E-state index is 14.4. The number of fused-ring (bicyclic) bond motifs is 5. The van der Waals surface area contributed by atoms with Gasteiger partial charge in [0.05, 0.1) is 41.7 Å². The minimum Gasteiger partial charge on any atom is -0.457 e. The van der Waals surface area contributed by atoms with Crippen LogP contribution in [0.15, 0.2) is 127 Å². The maximum Gasteiger partial charge on any atom is 0.409 e. The molecule has 9 atom stereocenters. The van der Waals surface area contributed by atoms with Crippen LogP contribution < -0.4 is 15.5 Å². The molecule has 9 rings (SSSR count).